The zero-order chi connectivity index (χ0) is 9.10. The summed E-state index contributed by atoms with van der Waals surface area (Å²) in [6.45, 7) is 3.66. The first-order valence-electron chi connectivity index (χ1n) is 6.12. The minimum atomic E-state index is 0.905. The van der Waals surface area contributed by atoms with Crippen molar-refractivity contribution in [2.45, 2.75) is 57.9 Å². The van der Waals surface area contributed by atoms with Gasteiger partial charge in [-0.05, 0) is 44.1 Å². The second-order valence-electron chi connectivity index (χ2n) is 4.99. The molecule has 0 amide bonds. The Morgan fingerprint density at radius 2 is 1.85 bits per heavy atom. The summed E-state index contributed by atoms with van der Waals surface area (Å²) in [7, 11) is 0. The summed E-state index contributed by atoms with van der Waals surface area (Å²) in [5, 5.41) is 3.67. The fraction of sp³-hybridized carbons (Fsp3) is 1.00. The molecule has 2 aliphatic carbocycles. The largest absolute Gasteiger partial charge is 0.314 e. The van der Waals surface area contributed by atoms with Crippen LogP contribution in [0.5, 0.6) is 0 Å². The third kappa shape index (κ3) is 2.98. The number of hydrogen-bond donors (Lipinski definition) is 1. The van der Waals surface area contributed by atoms with Crippen LogP contribution in [0.2, 0.25) is 0 Å². The number of nitrogens with one attached hydrogen (secondary N) is 1. The van der Waals surface area contributed by atoms with Gasteiger partial charge in [-0.1, -0.05) is 26.2 Å². The lowest BCUT2D eigenvalue weighted by Gasteiger charge is -2.28. The summed E-state index contributed by atoms with van der Waals surface area (Å²) in [5.74, 6) is 2.04. The average Bonchev–Trinajstić information content (AvgIpc) is 2.99. The van der Waals surface area contributed by atoms with E-state index in [0.29, 0.717) is 0 Å². The molecular formula is C12H23N. The molecule has 0 aromatic rings. The number of hydrogen-bond acceptors (Lipinski definition) is 1. The van der Waals surface area contributed by atoms with E-state index < -0.39 is 0 Å². The first kappa shape index (κ1) is 9.51. The maximum Gasteiger partial charge on any atom is 0.00683 e. The van der Waals surface area contributed by atoms with Crippen molar-refractivity contribution in [1.82, 2.24) is 5.32 Å². The minimum absolute atomic E-state index is 0.905. The lowest BCUT2D eigenvalue weighted by molar-refractivity contribution is 0.254. The van der Waals surface area contributed by atoms with Gasteiger partial charge in [0.1, 0.15) is 0 Å². The Kier molecular flexibility index (Phi) is 3.26. The second kappa shape index (κ2) is 4.45. The lowest BCUT2D eigenvalue weighted by Crippen LogP contribution is -2.28. The predicted molar refractivity (Wildman–Crippen MR) is 56.8 cm³/mol. The maximum absolute atomic E-state index is 3.67. The van der Waals surface area contributed by atoms with Gasteiger partial charge in [-0.3, -0.25) is 0 Å². The summed E-state index contributed by atoms with van der Waals surface area (Å²) in [4.78, 5) is 0. The van der Waals surface area contributed by atoms with Crippen molar-refractivity contribution < 1.29 is 0 Å². The molecule has 0 spiro atoms. The maximum atomic E-state index is 3.67. The van der Waals surface area contributed by atoms with E-state index in [-0.39, 0.29) is 0 Å². The quantitative estimate of drug-likeness (QED) is 0.703. The Morgan fingerprint density at radius 3 is 2.54 bits per heavy atom. The van der Waals surface area contributed by atoms with Crippen LogP contribution in [0.3, 0.4) is 0 Å². The molecule has 13 heavy (non-hydrogen) atoms. The molecule has 0 bridgehead atoms. The molecule has 1 heteroatoms. The van der Waals surface area contributed by atoms with Crippen LogP contribution in [0.1, 0.15) is 51.9 Å². The zero-order valence-electron chi connectivity index (χ0n) is 8.89. The Labute approximate surface area is 82.3 Å². The molecular weight excluding hydrogens is 158 g/mol. The van der Waals surface area contributed by atoms with Crippen molar-refractivity contribution in [3.05, 3.63) is 0 Å². The Balaban J connectivity index is 1.65. The van der Waals surface area contributed by atoms with Crippen LogP contribution < -0.4 is 5.32 Å². The molecule has 0 saturated heterocycles. The van der Waals surface area contributed by atoms with Crippen LogP contribution in [0.25, 0.3) is 0 Å². The molecule has 2 unspecified atom stereocenters. The molecule has 0 aromatic heterocycles. The second-order valence-corrected chi connectivity index (χ2v) is 4.99. The molecule has 2 aliphatic rings. The molecule has 2 fully saturated rings. The standard InChI is InChI=1S/C12H23N/c1-2-10-4-3-5-11(8-10)9-13-12-6-7-12/h10-13H,2-9H2,1H3. The Hall–Kier alpha value is -0.0400. The topological polar surface area (TPSA) is 12.0 Å². The predicted octanol–water partition coefficient (Wildman–Crippen LogP) is 2.95. The fourth-order valence-electron chi connectivity index (χ4n) is 2.58. The van der Waals surface area contributed by atoms with Crippen molar-refractivity contribution in [3.8, 4) is 0 Å². The first-order valence-corrected chi connectivity index (χ1v) is 6.12. The summed E-state index contributed by atoms with van der Waals surface area (Å²) in [5.41, 5.74) is 0. The molecule has 1 nitrogen and oxygen atoms in total. The normalized spacial score (nSPS) is 34.8. The SMILES string of the molecule is CCC1CCCC(CNC2CC2)C1. The van der Waals surface area contributed by atoms with Crippen molar-refractivity contribution >= 4 is 0 Å². The molecule has 2 rings (SSSR count). The lowest BCUT2D eigenvalue weighted by atomic mass is 9.80. The fourth-order valence-corrected chi connectivity index (χ4v) is 2.58. The van der Waals surface area contributed by atoms with E-state index in [0.717, 1.165) is 17.9 Å². The van der Waals surface area contributed by atoms with Crippen LogP contribution >= 0.6 is 0 Å². The van der Waals surface area contributed by atoms with Crippen molar-refractivity contribution in [1.29, 1.82) is 0 Å². The first-order chi connectivity index (χ1) is 6.38. The highest BCUT2D eigenvalue weighted by atomic mass is 14.9. The average molecular weight is 181 g/mol. The third-order valence-electron chi connectivity index (χ3n) is 3.74. The van der Waals surface area contributed by atoms with E-state index >= 15 is 0 Å². The van der Waals surface area contributed by atoms with E-state index in [1.165, 1.54) is 51.5 Å². The molecule has 0 aromatic carbocycles. The van der Waals surface area contributed by atoms with Crippen molar-refractivity contribution in [2.75, 3.05) is 6.54 Å². The highest BCUT2D eigenvalue weighted by molar-refractivity contribution is 4.83. The van der Waals surface area contributed by atoms with Gasteiger partial charge in [0.15, 0.2) is 0 Å². The van der Waals surface area contributed by atoms with E-state index in [1.54, 1.807) is 0 Å². The molecule has 0 aliphatic heterocycles. The summed E-state index contributed by atoms with van der Waals surface area (Å²) in [6.07, 6.45) is 10.2. The van der Waals surface area contributed by atoms with Crippen LogP contribution in [-0.4, -0.2) is 12.6 Å². The van der Waals surface area contributed by atoms with Gasteiger partial charge in [0.2, 0.25) is 0 Å². The molecule has 2 saturated carbocycles. The van der Waals surface area contributed by atoms with Gasteiger partial charge < -0.3 is 5.32 Å². The Morgan fingerprint density at radius 1 is 1.08 bits per heavy atom. The van der Waals surface area contributed by atoms with Crippen LogP contribution in [-0.2, 0) is 0 Å². The molecule has 0 heterocycles. The summed E-state index contributed by atoms with van der Waals surface area (Å²) in [6, 6.07) is 0.905. The highest BCUT2D eigenvalue weighted by Gasteiger charge is 2.24. The van der Waals surface area contributed by atoms with Gasteiger partial charge >= 0.3 is 0 Å². The Bertz CT molecular complexity index is 151. The van der Waals surface area contributed by atoms with Gasteiger partial charge in [0, 0.05) is 6.04 Å². The van der Waals surface area contributed by atoms with Gasteiger partial charge in [-0.2, -0.15) is 0 Å². The minimum Gasteiger partial charge on any atom is -0.314 e. The van der Waals surface area contributed by atoms with Crippen molar-refractivity contribution in [2.24, 2.45) is 11.8 Å². The van der Waals surface area contributed by atoms with Gasteiger partial charge in [-0.15, -0.1) is 0 Å². The van der Waals surface area contributed by atoms with E-state index in [1.807, 2.05) is 0 Å². The van der Waals surface area contributed by atoms with Gasteiger partial charge in [0.05, 0.1) is 0 Å². The molecule has 1 N–H and O–H groups in total. The van der Waals surface area contributed by atoms with E-state index in [2.05, 4.69) is 12.2 Å². The monoisotopic (exact) mass is 181 g/mol. The summed E-state index contributed by atoms with van der Waals surface area (Å²) >= 11 is 0. The van der Waals surface area contributed by atoms with Gasteiger partial charge in [-0.25, -0.2) is 0 Å². The van der Waals surface area contributed by atoms with Crippen LogP contribution in [0, 0.1) is 11.8 Å². The van der Waals surface area contributed by atoms with Crippen LogP contribution in [0.4, 0.5) is 0 Å². The molecule has 2 atom stereocenters. The molecule has 0 radical (unpaired) electrons. The summed E-state index contributed by atoms with van der Waals surface area (Å²) < 4.78 is 0. The number of rotatable bonds is 4. The molecule has 76 valence electrons. The van der Waals surface area contributed by atoms with E-state index in [4.69, 9.17) is 0 Å². The van der Waals surface area contributed by atoms with E-state index in [9.17, 15) is 0 Å². The highest BCUT2D eigenvalue weighted by Crippen LogP contribution is 2.31. The van der Waals surface area contributed by atoms with Gasteiger partial charge in [0.25, 0.3) is 0 Å². The smallest absolute Gasteiger partial charge is 0.00683 e. The third-order valence-corrected chi connectivity index (χ3v) is 3.74. The van der Waals surface area contributed by atoms with Crippen LogP contribution in [0.15, 0.2) is 0 Å². The van der Waals surface area contributed by atoms with Crippen molar-refractivity contribution in [3.63, 3.8) is 0 Å². The zero-order valence-corrected chi connectivity index (χ0v) is 8.89.